The van der Waals surface area contributed by atoms with Crippen LogP contribution in [-0.4, -0.2) is 19.8 Å². The van der Waals surface area contributed by atoms with E-state index in [1.54, 1.807) is 4.52 Å². The van der Waals surface area contributed by atoms with Gasteiger partial charge in [0, 0.05) is 11.3 Å². The van der Waals surface area contributed by atoms with E-state index in [-0.39, 0.29) is 5.43 Å². The molecule has 0 amide bonds. The predicted octanol–water partition coefficient (Wildman–Crippen LogP) is 1.07. The van der Waals surface area contributed by atoms with Crippen LogP contribution >= 0.6 is 0 Å². The summed E-state index contributed by atoms with van der Waals surface area (Å²) >= 11 is 0. The van der Waals surface area contributed by atoms with E-state index in [9.17, 15) is 4.79 Å². The molecule has 0 saturated heterocycles. The number of aromatic amines is 1. The average molecular weight is 206 g/mol. The number of hydrogen-bond acceptors (Lipinski definition) is 3. The topological polar surface area (TPSA) is 63.1 Å². The summed E-state index contributed by atoms with van der Waals surface area (Å²) in [7, 11) is 0. The molecule has 15 heavy (non-hydrogen) atoms. The zero-order chi connectivity index (χ0) is 10.8. The highest BCUT2D eigenvalue weighted by atomic mass is 16.1. The first-order valence-corrected chi connectivity index (χ1v) is 5.15. The highest BCUT2D eigenvalue weighted by Gasteiger charge is 2.09. The molecule has 0 aromatic carbocycles. The molecule has 0 aliphatic rings. The van der Waals surface area contributed by atoms with Crippen LogP contribution in [0.3, 0.4) is 0 Å². The third kappa shape index (κ3) is 1.65. The van der Waals surface area contributed by atoms with E-state index in [2.05, 4.69) is 22.2 Å². The maximum Gasteiger partial charge on any atom is 0.229 e. The lowest BCUT2D eigenvalue weighted by atomic mass is 10.1. The molecule has 1 N–H and O–H groups in total. The largest absolute Gasteiger partial charge is 0.295 e. The summed E-state index contributed by atoms with van der Waals surface area (Å²) in [6.45, 7) is 4.02. The molecule has 5 heteroatoms. The first-order valence-electron chi connectivity index (χ1n) is 5.15. The smallest absolute Gasteiger partial charge is 0.229 e. The molecule has 2 aromatic heterocycles. The van der Waals surface area contributed by atoms with E-state index in [0.717, 1.165) is 30.5 Å². The fraction of sp³-hybridized carbons (Fsp3) is 0.500. The lowest BCUT2D eigenvalue weighted by Crippen LogP contribution is -2.17. The Balaban J connectivity index is 2.57. The minimum atomic E-state index is -0.00259. The van der Waals surface area contributed by atoms with Crippen molar-refractivity contribution in [3.63, 3.8) is 0 Å². The van der Waals surface area contributed by atoms with Gasteiger partial charge in [0.15, 0.2) is 0 Å². The Labute approximate surface area is 87.1 Å². The number of unbranched alkanes of at least 4 members (excludes halogenated alkanes) is 1. The van der Waals surface area contributed by atoms with Gasteiger partial charge in [0.1, 0.15) is 6.33 Å². The molecule has 0 unspecified atom stereocenters. The van der Waals surface area contributed by atoms with Gasteiger partial charge in [0.2, 0.25) is 11.1 Å². The van der Waals surface area contributed by atoms with Crippen LogP contribution in [0.1, 0.15) is 31.0 Å². The molecule has 80 valence electrons. The number of aromatic nitrogens is 4. The third-order valence-electron chi connectivity index (χ3n) is 2.55. The van der Waals surface area contributed by atoms with Gasteiger partial charge >= 0.3 is 0 Å². The van der Waals surface area contributed by atoms with Gasteiger partial charge in [-0.05, 0) is 19.8 Å². The van der Waals surface area contributed by atoms with Crippen molar-refractivity contribution in [3.8, 4) is 0 Å². The number of hydrogen-bond donors (Lipinski definition) is 1. The fourth-order valence-electron chi connectivity index (χ4n) is 1.68. The zero-order valence-electron chi connectivity index (χ0n) is 8.95. The molecular formula is C10H14N4O. The lowest BCUT2D eigenvalue weighted by Gasteiger charge is -2.04. The average Bonchev–Trinajstić information content (AvgIpc) is 2.65. The second-order valence-corrected chi connectivity index (χ2v) is 3.67. The van der Waals surface area contributed by atoms with Gasteiger partial charge in [-0.15, -0.1) is 10.2 Å². The van der Waals surface area contributed by atoms with Gasteiger partial charge < -0.3 is 0 Å². The SMILES string of the molecule is CCCCc1c(C)[nH]n2cnnc2c1=O. The summed E-state index contributed by atoms with van der Waals surface area (Å²) in [4.78, 5) is 12.0. The molecule has 0 fully saturated rings. The number of nitrogens with one attached hydrogen (secondary N) is 1. The van der Waals surface area contributed by atoms with E-state index in [1.165, 1.54) is 6.33 Å². The van der Waals surface area contributed by atoms with Crippen molar-refractivity contribution in [2.45, 2.75) is 33.1 Å². The third-order valence-corrected chi connectivity index (χ3v) is 2.55. The van der Waals surface area contributed by atoms with Crippen LogP contribution in [0.25, 0.3) is 5.65 Å². The van der Waals surface area contributed by atoms with Gasteiger partial charge in [-0.1, -0.05) is 13.3 Å². The number of H-pyrrole nitrogens is 1. The van der Waals surface area contributed by atoms with E-state index in [1.807, 2.05) is 6.92 Å². The van der Waals surface area contributed by atoms with Crippen molar-refractivity contribution in [2.75, 3.05) is 0 Å². The van der Waals surface area contributed by atoms with Crippen LogP contribution in [-0.2, 0) is 6.42 Å². The van der Waals surface area contributed by atoms with Gasteiger partial charge in [0.25, 0.3) is 0 Å². The number of aryl methyl sites for hydroxylation is 1. The Kier molecular flexibility index (Phi) is 2.53. The van der Waals surface area contributed by atoms with E-state index < -0.39 is 0 Å². The summed E-state index contributed by atoms with van der Waals surface area (Å²) < 4.78 is 1.56. The number of fused-ring (bicyclic) bond motifs is 1. The Hall–Kier alpha value is -1.65. The molecule has 0 atom stereocenters. The Bertz CT molecular complexity index is 526. The van der Waals surface area contributed by atoms with Crippen LogP contribution in [0.15, 0.2) is 11.1 Å². The van der Waals surface area contributed by atoms with Crippen LogP contribution < -0.4 is 5.43 Å². The summed E-state index contributed by atoms with van der Waals surface area (Å²) in [5, 5.41) is 10.6. The van der Waals surface area contributed by atoms with Crippen LogP contribution in [0.2, 0.25) is 0 Å². The monoisotopic (exact) mass is 206 g/mol. The lowest BCUT2D eigenvalue weighted by molar-refractivity contribution is 0.766. The zero-order valence-corrected chi connectivity index (χ0v) is 8.95. The minimum Gasteiger partial charge on any atom is -0.295 e. The first kappa shape index (κ1) is 9.89. The quantitative estimate of drug-likeness (QED) is 0.817. The maximum absolute atomic E-state index is 12.0. The van der Waals surface area contributed by atoms with Gasteiger partial charge in [-0.2, -0.15) is 0 Å². The number of nitrogens with zero attached hydrogens (tertiary/aromatic N) is 3. The molecule has 0 saturated carbocycles. The van der Waals surface area contributed by atoms with Crippen molar-refractivity contribution in [1.29, 1.82) is 0 Å². The highest BCUT2D eigenvalue weighted by Crippen LogP contribution is 2.05. The van der Waals surface area contributed by atoms with Crippen LogP contribution in [0.4, 0.5) is 0 Å². The molecule has 0 bridgehead atoms. The molecule has 2 aromatic rings. The second-order valence-electron chi connectivity index (χ2n) is 3.67. The van der Waals surface area contributed by atoms with Crippen LogP contribution in [0.5, 0.6) is 0 Å². The van der Waals surface area contributed by atoms with Crippen molar-refractivity contribution < 1.29 is 0 Å². The first-order chi connectivity index (χ1) is 7.24. The number of rotatable bonds is 3. The van der Waals surface area contributed by atoms with Crippen molar-refractivity contribution in [1.82, 2.24) is 19.8 Å². The van der Waals surface area contributed by atoms with Gasteiger partial charge in [-0.25, -0.2) is 4.52 Å². The Morgan fingerprint density at radius 2 is 2.33 bits per heavy atom. The minimum absolute atomic E-state index is 0.00259. The molecule has 0 aliphatic carbocycles. The fourth-order valence-corrected chi connectivity index (χ4v) is 1.68. The standard InChI is InChI=1S/C10H14N4O/c1-3-4-5-8-7(2)13-14-6-11-12-10(14)9(8)15/h6,13H,3-5H2,1-2H3. The Morgan fingerprint density at radius 1 is 1.53 bits per heavy atom. The van der Waals surface area contributed by atoms with Gasteiger partial charge in [0.05, 0.1) is 0 Å². The summed E-state index contributed by atoms with van der Waals surface area (Å²) in [5.41, 5.74) is 2.11. The molecule has 2 heterocycles. The molecule has 0 radical (unpaired) electrons. The molecule has 5 nitrogen and oxygen atoms in total. The van der Waals surface area contributed by atoms with E-state index in [0.29, 0.717) is 5.65 Å². The van der Waals surface area contributed by atoms with E-state index >= 15 is 0 Å². The molecular weight excluding hydrogens is 192 g/mol. The normalized spacial score (nSPS) is 11.1. The molecule has 0 spiro atoms. The predicted molar refractivity (Wildman–Crippen MR) is 57.0 cm³/mol. The summed E-state index contributed by atoms with van der Waals surface area (Å²) in [6, 6.07) is 0. The molecule has 2 rings (SSSR count). The maximum atomic E-state index is 12.0. The van der Waals surface area contributed by atoms with E-state index in [4.69, 9.17) is 0 Å². The molecule has 0 aliphatic heterocycles. The van der Waals surface area contributed by atoms with Crippen molar-refractivity contribution >= 4 is 5.65 Å². The van der Waals surface area contributed by atoms with Crippen molar-refractivity contribution in [3.05, 3.63) is 27.8 Å². The van der Waals surface area contributed by atoms with Crippen molar-refractivity contribution in [2.24, 2.45) is 0 Å². The van der Waals surface area contributed by atoms with Crippen LogP contribution in [0, 0.1) is 6.92 Å². The summed E-state index contributed by atoms with van der Waals surface area (Å²) in [6.07, 6.45) is 4.42. The van der Waals surface area contributed by atoms with Gasteiger partial charge in [-0.3, -0.25) is 9.89 Å². The Morgan fingerprint density at radius 3 is 3.07 bits per heavy atom. The highest BCUT2D eigenvalue weighted by molar-refractivity contribution is 5.39. The second kappa shape index (κ2) is 3.84. The summed E-state index contributed by atoms with van der Waals surface area (Å²) in [5.74, 6) is 0.